The molecule has 1 fully saturated rings. The van der Waals surface area contributed by atoms with Crippen LogP contribution in [-0.2, 0) is 16.8 Å². The van der Waals surface area contributed by atoms with Gasteiger partial charge in [0.15, 0.2) is 0 Å². The van der Waals surface area contributed by atoms with Crippen LogP contribution in [0.2, 0.25) is 5.02 Å². The van der Waals surface area contributed by atoms with Crippen molar-refractivity contribution < 1.29 is 9.90 Å². The summed E-state index contributed by atoms with van der Waals surface area (Å²) in [7, 11) is 0. The van der Waals surface area contributed by atoms with Crippen molar-refractivity contribution in [2.75, 3.05) is 6.54 Å². The molecule has 3 nitrogen and oxygen atoms in total. The number of nitrogens with one attached hydrogen (secondary N) is 1. The van der Waals surface area contributed by atoms with Gasteiger partial charge in [-0.3, -0.25) is 4.79 Å². The number of hydrogen-bond acceptors (Lipinski definition) is 2. The van der Waals surface area contributed by atoms with Crippen molar-refractivity contribution in [2.45, 2.75) is 51.0 Å². The monoisotopic (exact) mass is 321 g/mol. The third-order valence-corrected chi connectivity index (χ3v) is 5.63. The molecular weight excluding hydrogens is 298 g/mol. The molecule has 22 heavy (non-hydrogen) atoms. The summed E-state index contributed by atoms with van der Waals surface area (Å²) in [6.45, 7) is 2.49. The molecule has 120 valence electrons. The van der Waals surface area contributed by atoms with Crippen molar-refractivity contribution in [3.05, 3.63) is 34.3 Å². The summed E-state index contributed by atoms with van der Waals surface area (Å²) in [5.41, 5.74) is 0.917. The highest BCUT2D eigenvalue weighted by molar-refractivity contribution is 6.31. The summed E-state index contributed by atoms with van der Waals surface area (Å²) in [4.78, 5) is 12.4. The highest BCUT2D eigenvalue weighted by Gasteiger charge is 2.38. The average Bonchev–Trinajstić information content (AvgIpc) is 2.84. The van der Waals surface area contributed by atoms with E-state index in [9.17, 15) is 9.90 Å². The largest absolute Gasteiger partial charge is 0.383 e. The van der Waals surface area contributed by atoms with Gasteiger partial charge in [-0.15, -0.1) is 0 Å². The van der Waals surface area contributed by atoms with E-state index in [1.807, 2.05) is 18.2 Å². The summed E-state index contributed by atoms with van der Waals surface area (Å²) in [5, 5.41) is 14.6. The quantitative estimate of drug-likeness (QED) is 0.896. The lowest BCUT2D eigenvalue weighted by molar-refractivity contribution is -0.127. The molecule has 0 saturated heterocycles. The minimum absolute atomic E-state index is 0.0930. The lowest BCUT2D eigenvalue weighted by atomic mass is 9.82. The molecule has 1 aromatic rings. The summed E-state index contributed by atoms with van der Waals surface area (Å²) < 4.78 is 0. The van der Waals surface area contributed by atoms with Crippen molar-refractivity contribution in [2.24, 2.45) is 11.8 Å². The number of hydrogen-bond donors (Lipinski definition) is 2. The van der Waals surface area contributed by atoms with Gasteiger partial charge in [-0.05, 0) is 48.8 Å². The molecule has 3 atom stereocenters. The van der Waals surface area contributed by atoms with Gasteiger partial charge in [0.25, 0.3) is 0 Å². The molecule has 2 aliphatic carbocycles. The van der Waals surface area contributed by atoms with E-state index in [0.29, 0.717) is 17.4 Å². The van der Waals surface area contributed by atoms with Gasteiger partial charge in [0.2, 0.25) is 5.91 Å². The van der Waals surface area contributed by atoms with Crippen molar-refractivity contribution >= 4 is 17.5 Å². The molecule has 0 radical (unpaired) electrons. The third-order valence-electron chi connectivity index (χ3n) is 5.27. The van der Waals surface area contributed by atoms with Gasteiger partial charge >= 0.3 is 0 Å². The normalized spacial score (nSPS) is 30.9. The zero-order valence-corrected chi connectivity index (χ0v) is 13.8. The minimum atomic E-state index is -0.976. The summed E-state index contributed by atoms with van der Waals surface area (Å²) in [6, 6.07) is 5.64. The Morgan fingerprint density at radius 3 is 3.05 bits per heavy atom. The number of rotatable bonds is 3. The van der Waals surface area contributed by atoms with E-state index in [1.54, 1.807) is 0 Å². The second kappa shape index (κ2) is 6.21. The Kier molecular flexibility index (Phi) is 4.47. The standard InChI is InChI=1S/C18H24ClNO2/c1-12-4-2-5-13(10-12)17(21)20-11-18(22)9-8-14-15(18)6-3-7-16(14)19/h3,6-7,12-13,22H,2,4-5,8-11H2,1H3,(H,20,21). The number of carbonyl (C=O) groups excluding carboxylic acids is 1. The van der Waals surface area contributed by atoms with E-state index in [0.717, 1.165) is 36.8 Å². The lowest BCUT2D eigenvalue weighted by Gasteiger charge is -2.29. The number of aliphatic hydroxyl groups is 1. The van der Waals surface area contributed by atoms with E-state index in [1.165, 1.54) is 6.42 Å². The molecule has 1 aromatic carbocycles. The maximum absolute atomic E-state index is 12.4. The molecule has 0 heterocycles. The fraction of sp³-hybridized carbons (Fsp3) is 0.611. The summed E-state index contributed by atoms with van der Waals surface area (Å²) in [5.74, 6) is 0.821. The van der Waals surface area contributed by atoms with Crippen molar-refractivity contribution in [1.82, 2.24) is 5.32 Å². The number of carbonyl (C=O) groups is 1. The molecule has 2 N–H and O–H groups in total. The Labute approximate surface area is 137 Å². The predicted octanol–water partition coefficient (Wildman–Crippen LogP) is 3.42. The van der Waals surface area contributed by atoms with E-state index in [4.69, 9.17) is 11.6 Å². The van der Waals surface area contributed by atoms with E-state index in [2.05, 4.69) is 12.2 Å². The van der Waals surface area contributed by atoms with Gasteiger partial charge < -0.3 is 10.4 Å². The molecule has 2 aliphatic rings. The van der Waals surface area contributed by atoms with Crippen LogP contribution in [0.25, 0.3) is 0 Å². The van der Waals surface area contributed by atoms with E-state index in [-0.39, 0.29) is 18.4 Å². The molecular formula is C18H24ClNO2. The van der Waals surface area contributed by atoms with Gasteiger partial charge in [0, 0.05) is 10.9 Å². The summed E-state index contributed by atoms with van der Waals surface area (Å²) in [6.07, 6.45) is 5.67. The van der Waals surface area contributed by atoms with Gasteiger partial charge in [0.05, 0.1) is 6.54 Å². The highest BCUT2D eigenvalue weighted by atomic mass is 35.5. The van der Waals surface area contributed by atoms with Crippen LogP contribution < -0.4 is 5.32 Å². The number of fused-ring (bicyclic) bond motifs is 1. The molecule has 1 saturated carbocycles. The Morgan fingerprint density at radius 1 is 1.45 bits per heavy atom. The highest BCUT2D eigenvalue weighted by Crippen LogP contribution is 2.39. The Morgan fingerprint density at radius 2 is 2.27 bits per heavy atom. The van der Waals surface area contributed by atoms with Crippen LogP contribution in [0.4, 0.5) is 0 Å². The van der Waals surface area contributed by atoms with Crippen LogP contribution in [0.5, 0.6) is 0 Å². The SMILES string of the molecule is CC1CCCC(C(=O)NCC2(O)CCc3c(Cl)cccc32)C1. The molecule has 3 unspecified atom stereocenters. The smallest absolute Gasteiger partial charge is 0.223 e. The maximum atomic E-state index is 12.4. The third kappa shape index (κ3) is 3.02. The van der Waals surface area contributed by atoms with E-state index < -0.39 is 5.60 Å². The first kappa shape index (κ1) is 15.8. The second-order valence-electron chi connectivity index (χ2n) is 6.98. The van der Waals surface area contributed by atoms with Crippen LogP contribution in [0.3, 0.4) is 0 Å². The number of benzene rings is 1. The second-order valence-corrected chi connectivity index (χ2v) is 7.39. The zero-order valence-electron chi connectivity index (χ0n) is 13.1. The molecule has 0 spiro atoms. The number of halogens is 1. The van der Waals surface area contributed by atoms with Crippen molar-refractivity contribution in [3.8, 4) is 0 Å². The van der Waals surface area contributed by atoms with Crippen molar-refractivity contribution in [1.29, 1.82) is 0 Å². The first-order valence-electron chi connectivity index (χ1n) is 8.27. The van der Waals surface area contributed by atoms with Crippen molar-refractivity contribution in [3.63, 3.8) is 0 Å². The fourth-order valence-electron chi connectivity index (χ4n) is 3.95. The lowest BCUT2D eigenvalue weighted by Crippen LogP contribution is -2.42. The molecule has 0 aliphatic heterocycles. The predicted molar refractivity (Wildman–Crippen MR) is 87.8 cm³/mol. The van der Waals surface area contributed by atoms with Gasteiger partial charge in [-0.2, -0.15) is 0 Å². The minimum Gasteiger partial charge on any atom is -0.383 e. The molecule has 1 amide bonds. The first-order chi connectivity index (χ1) is 10.5. The topological polar surface area (TPSA) is 49.3 Å². The van der Waals surface area contributed by atoms with Crippen LogP contribution in [0.15, 0.2) is 18.2 Å². The van der Waals surface area contributed by atoms with Gasteiger partial charge in [-0.25, -0.2) is 0 Å². The molecule has 3 rings (SSSR count). The van der Waals surface area contributed by atoms with Crippen LogP contribution >= 0.6 is 11.6 Å². The Balaban J connectivity index is 1.65. The first-order valence-corrected chi connectivity index (χ1v) is 8.65. The zero-order chi connectivity index (χ0) is 15.7. The molecule has 4 heteroatoms. The molecule has 0 bridgehead atoms. The van der Waals surface area contributed by atoms with Gasteiger partial charge in [-0.1, -0.05) is 43.5 Å². The summed E-state index contributed by atoms with van der Waals surface area (Å²) >= 11 is 6.20. The molecule has 0 aromatic heterocycles. The van der Waals surface area contributed by atoms with Crippen LogP contribution in [0.1, 0.15) is 50.2 Å². The van der Waals surface area contributed by atoms with Gasteiger partial charge in [0.1, 0.15) is 5.60 Å². The van der Waals surface area contributed by atoms with Crippen LogP contribution in [-0.4, -0.2) is 17.6 Å². The fourth-order valence-corrected chi connectivity index (χ4v) is 4.22. The number of amides is 1. The maximum Gasteiger partial charge on any atom is 0.223 e. The average molecular weight is 322 g/mol. The van der Waals surface area contributed by atoms with Crippen LogP contribution in [0, 0.1) is 11.8 Å². The van der Waals surface area contributed by atoms with E-state index >= 15 is 0 Å². The Bertz CT molecular complexity index is 574. The Hall–Kier alpha value is -1.06.